The van der Waals surface area contributed by atoms with Crippen molar-refractivity contribution >= 4 is 0 Å². The molecule has 1 fully saturated rings. The first kappa shape index (κ1) is 9.97. The van der Waals surface area contributed by atoms with Crippen molar-refractivity contribution in [3.05, 3.63) is 23.8 Å². The summed E-state index contributed by atoms with van der Waals surface area (Å²) in [4.78, 5) is 0. The van der Waals surface area contributed by atoms with E-state index in [1.165, 1.54) is 25.7 Å². The number of allylic oxidation sites excluding steroid dienone is 4. The van der Waals surface area contributed by atoms with Gasteiger partial charge in [0.05, 0.1) is 0 Å². The van der Waals surface area contributed by atoms with Crippen LogP contribution in [0, 0.1) is 17.8 Å². The summed E-state index contributed by atoms with van der Waals surface area (Å²) >= 11 is 0. The first-order valence-electron chi connectivity index (χ1n) is 5.79. The van der Waals surface area contributed by atoms with Crippen LogP contribution in [0.1, 0.15) is 32.6 Å². The van der Waals surface area contributed by atoms with E-state index in [1.54, 1.807) is 5.57 Å². The molecule has 0 radical (unpaired) electrons. The molecular weight excluding hydrogens is 172 g/mol. The van der Waals surface area contributed by atoms with Crippen molar-refractivity contribution < 1.29 is 5.11 Å². The molecule has 1 N–H and O–H groups in total. The summed E-state index contributed by atoms with van der Waals surface area (Å²) in [5, 5.41) is 9.30. The SMILES string of the molecule is C/C=C1\CCC[C@H](CO)[C@@H]2C=C[C@H]1C2. The number of hydrogen-bond donors (Lipinski definition) is 1. The monoisotopic (exact) mass is 192 g/mol. The van der Waals surface area contributed by atoms with Gasteiger partial charge in [0, 0.05) is 6.61 Å². The van der Waals surface area contributed by atoms with E-state index in [9.17, 15) is 5.11 Å². The highest BCUT2D eigenvalue weighted by atomic mass is 16.3. The normalized spacial score (nSPS) is 39.9. The number of aliphatic hydroxyl groups is 1. The van der Waals surface area contributed by atoms with Crippen LogP contribution in [0.4, 0.5) is 0 Å². The Morgan fingerprint density at radius 2 is 2.36 bits per heavy atom. The lowest BCUT2D eigenvalue weighted by Crippen LogP contribution is -2.19. The number of hydrogen-bond acceptors (Lipinski definition) is 1. The highest BCUT2D eigenvalue weighted by molar-refractivity contribution is 5.19. The van der Waals surface area contributed by atoms with E-state index in [2.05, 4.69) is 25.2 Å². The molecule has 0 heterocycles. The Bertz CT molecular complexity index is 252. The predicted molar refractivity (Wildman–Crippen MR) is 58.9 cm³/mol. The van der Waals surface area contributed by atoms with Gasteiger partial charge in [0.25, 0.3) is 0 Å². The average Bonchev–Trinajstić information content (AvgIpc) is 2.66. The molecular formula is C13H20O. The lowest BCUT2D eigenvalue weighted by Gasteiger charge is -2.25. The van der Waals surface area contributed by atoms with Crippen LogP contribution in [0.15, 0.2) is 23.8 Å². The maximum atomic E-state index is 9.30. The number of fused-ring (bicyclic) bond motifs is 2. The zero-order chi connectivity index (χ0) is 9.97. The Labute approximate surface area is 86.5 Å². The van der Waals surface area contributed by atoms with Gasteiger partial charge in [0.1, 0.15) is 0 Å². The Kier molecular flexibility index (Phi) is 3.07. The predicted octanol–water partition coefficient (Wildman–Crippen LogP) is 2.92. The molecule has 1 heteroatoms. The van der Waals surface area contributed by atoms with Gasteiger partial charge in [0.15, 0.2) is 0 Å². The van der Waals surface area contributed by atoms with E-state index in [1.807, 2.05) is 0 Å². The van der Waals surface area contributed by atoms with E-state index in [-0.39, 0.29) is 0 Å². The lowest BCUT2D eigenvalue weighted by molar-refractivity contribution is 0.175. The van der Waals surface area contributed by atoms with Gasteiger partial charge in [-0.25, -0.2) is 0 Å². The highest BCUT2D eigenvalue weighted by Gasteiger charge is 2.29. The summed E-state index contributed by atoms with van der Waals surface area (Å²) in [6.45, 7) is 2.52. The molecule has 0 aliphatic heterocycles. The average molecular weight is 192 g/mol. The minimum Gasteiger partial charge on any atom is -0.396 e. The lowest BCUT2D eigenvalue weighted by atomic mass is 9.80. The first-order valence-corrected chi connectivity index (χ1v) is 5.79. The van der Waals surface area contributed by atoms with Crippen molar-refractivity contribution in [3.63, 3.8) is 0 Å². The zero-order valence-electron chi connectivity index (χ0n) is 8.95. The molecule has 0 saturated heterocycles. The van der Waals surface area contributed by atoms with Crippen molar-refractivity contribution in [2.45, 2.75) is 32.6 Å². The van der Waals surface area contributed by atoms with Crippen LogP contribution >= 0.6 is 0 Å². The van der Waals surface area contributed by atoms with Crippen LogP contribution in [0.25, 0.3) is 0 Å². The Hall–Kier alpha value is -0.560. The minimum atomic E-state index is 0.368. The second kappa shape index (κ2) is 4.31. The molecule has 0 aromatic heterocycles. The van der Waals surface area contributed by atoms with Crippen LogP contribution in [-0.4, -0.2) is 11.7 Å². The van der Waals surface area contributed by atoms with E-state index in [0.717, 1.165) is 0 Å². The Morgan fingerprint density at radius 3 is 3.07 bits per heavy atom. The molecule has 2 aliphatic carbocycles. The van der Waals surface area contributed by atoms with Gasteiger partial charge in [-0.05, 0) is 50.4 Å². The van der Waals surface area contributed by atoms with Crippen molar-refractivity contribution in [1.29, 1.82) is 0 Å². The maximum Gasteiger partial charge on any atom is 0.0464 e. The van der Waals surface area contributed by atoms with Crippen LogP contribution in [0.2, 0.25) is 0 Å². The van der Waals surface area contributed by atoms with Crippen LogP contribution in [0.3, 0.4) is 0 Å². The van der Waals surface area contributed by atoms with Gasteiger partial charge in [0.2, 0.25) is 0 Å². The topological polar surface area (TPSA) is 20.2 Å². The van der Waals surface area contributed by atoms with Crippen LogP contribution in [0.5, 0.6) is 0 Å². The first-order chi connectivity index (χ1) is 6.85. The van der Waals surface area contributed by atoms with E-state index in [0.29, 0.717) is 24.4 Å². The standard InChI is InChI=1S/C13H20O/c1-2-10-4-3-5-13(9-14)12-7-6-11(10)8-12/h2,6-7,11-14H,3-5,8-9H2,1H3/b10-2+/t11-,12+,13+/m0/s1. The van der Waals surface area contributed by atoms with Crippen LogP contribution < -0.4 is 0 Å². The summed E-state index contributed by atoms with van der Waals surface area (Å²) in [5.41, 5.74) is 1.61. The van der Waals surface area contributed by atoms with E-state index in [4.69, 9.17) is 0 Å². The van der Waals surface area contributed by atoms with Gasteiger partial charge in [-0.1, -0.05) is 23.8 Å². The third-order valence-corrected chi connectivity index (χ3v) is 3.84. The fraction of sp³-hybridized carbons (Fsp3) is 0.692. The van der Waals surface area contributed by atoms with Crippen molar-refractivity contribution in [3.8, 4) is 0 Å². The summed E-state index contributed by atoms with van der Waals surface area (Å²) < 4.78 is 0. The van der Waals surface area contributed by atoms with Gasteiger partial charge in [-0.15, -0.1) is 0 Å². The molecule has 0 aromatic rings. The van der Waals surface area contributed by atoms with Gasteiger partial charge >= 0.3 is 0 Å². The van der Waals surface area contributed by atoms with E-state index >= 15 is 0 Å². The fourth-order valence-corrected chi connectivity index (χ4v) is 2.90. The maximum absolute atomic E-state index is 9.30. The third-order valence-electron chi connectivity index (χ3n) is 3.84. The van der Waals surface area contributed by atoms with Crippen molar-refractivity contribution in [2.75, 3.05) is 6.61 Å². The van der Waals surface area contributed by atoms with E-state index < -0.39 is 0 Å². The zero-order valence-corrected chi connectivity index (χ0v) is 8.95. The molecule has 0 aromatic carbocycles. The fourth-order valence-electron chi connectivity index (χ4n) is 2.90. The largest absolute Gasteiger partial charge is 0.396 e. The third kappa shape index (κ3) is 1.78. The Morgan fingerprint density at radius 1 is 1.50 bits per heavy atom. The second-order valence-electron chi connectivity index (χ2n) is 4.59. The molecule has 2 rings (SSSR count). The molecule has 2 bridgehead atoms. The molecule has 0 spiro atoms. The molecule has 14 heavy (non-hydrogen) atoms. The molecule has 78 valence electrons. The van der Waals surface area contributed by atoms with Crippen LogP contribution in [-0.2, 0) is 0 Å². The molecule has 3 atom stereocenters. The van der Waals surface area contributed by atoms with Gasteiger partial charge < -0.3 is 5.11 Å². The van der Waals surface area contributed by atoms with Gasteiger partial charge in [-0.3, -0.25) is 0 Å². The molecule has 0 unspecified atom stereocenters. The molecule has 0 amide bonds. The minimum absolute atomic E-state index is 0.368. The number of aliphatic hydroxyl groups excluding tert-OH is 1. The highest BCUT2D eigenvalue weighted by Crippen LogP contribution is 2.39. The molecule has 1 nitrogen and oxygen atoms in total. The van der Waals surface area contributed by atoms with Gasteiger partial charge in [-0.2, -0.15) is 0 Å². The summed E-state index contributed by atoms with van der Waals surface area (Å²) in [7, 11) is 0. The summed E-state index contributed by atoms with van der Waals surface area (Å²) in [6, 6.07) is 0. The number of rotatable bonds is 1. The molecule has 2 aliphatic rings. The summed E-state index contributed by atoms with van der Waals surface area (Å²) in [5.74, 6) is 1.84. The Balaban J connectivity index is 2.12. The smallest absolute Gasteiger partial charge is 0.0464 e. The quantitative estimate of drug-likeness (QED) is 0.633. The second-order valence-corrected chi connectivity index (χ2v) is 4.59. The van der Waals surface area contributed by atoms with Crippen molar-refractivity contribution in [1.82, 2.24) is 0 Å². The molecule has 1 saturated carbocycles. The van der Waals surface area contributed by atoms with Crippen molar-refractivity contribution in [2.24, 2.45) is 17.8 Å². The summed E-state index contributed by atoms with van der Waals surface area (Å²) in [6.07, 6.45) is 11.9.